The molecule has 26 aromatic rings. The van der Waals surface area contributed by atoms with Gasteiger partial charge in [0.2, 0.25) is 0 Å². The maximum atomic E-state index is 4.43. The van der Waals surface area contributed by atoms with Gasteiger partial charge in [-0.3, -0.25) is 4.98 Å². The van der Waals surface area contributed by atoms with Crippen molar-refractivity contribution in [3.05, 3.63) is 425 Å². The first-order chi connectivity index (χ1) is 59.5. The minimum Gasteiger partial charge on any atom is -0.354 e. The van der Waals surface area contributed by atoms with Crippen LogP contribution in [0.1, 0.15) is 0 Å². The molecule has 0 amide bonds. The Balaban J connectivity index is 0.000000103. The van der Waals surface area contributed by atoms with Crippen molar-refractivity contribution < 1.29 is 0 Å². The van der Waals surface area contributed by atoms with E-state index in [0.29, 0.717) is 0 Å². The van der Waals surface area contributed by atoms with Crippen LogP contribution in [0.2, 0.25) is 0 Å². The summed E-state index contributed by atoms with van der Waals surface area (Å²) < 4.78 is 7.16. The quantitative estimate of drug-likeness (QED) is 0.139. The largest absolute Gasteiger partial charge is 0.354 e. The molecule has 0 saturated heterocycles. The molecule has 0 radical (unpaired) electrons. The summed E-state index contributed by atoms with van der Waals surface area (Å²) in [5.41, 5.74) is 29.9. The average molecular weight is 1530 g/mol. The van der Waals surface area contributed by atoms with Gasteiger partial charge in [0.15, 0.2) is 0 Å². The lowest BCUT2D eigenvalue weighted by molar-refractivity contribution is 1.14. The van der Waals surface area contributed by atoms with Crippen LogP contribution in [0.5, 0.6) is 0 Å². The standard InChI is InChI=1S/2C40H26N2.C33H21N3/c1-2-13-29(14-3-1)42-38-20-9-7-18-34(38)40-33-17-5-4-15-30(33)35(25-39(40)42)28-12-10-11-26(23-28)27-21-22-32-31-16-6-8-19-36(31)41-37(32)24-27;1-2-10-29(11-3-1)42-38-17-9-7-15-34(38)40-33-14-5-4-12-30(33)35(25-39(40)42)27-20-18-26(19-21-27)28-22-23-32-31-13-6-8-16-36(31)41-37(32)24-28;1-2-11-26-23(9-1)28(21-15-16-25-24-10-3-5-13-29(24)35-30(25)18-21)19-32-33(26)27-12-4-6-14-31(27)36(32)22-8-7-17-34-20-22/h2*1-25,41H;1-20,35H. The summed E-state index contributed by atoms with van der Waals surface area (Å²) in [5, 5.41) is 22.9. The molecule has 0 fully saturated rings. The van der Waals surface area contributed by atoms with Crippen LogP contribution in [0.4, 0.5) is 0 Å². The van der Waals surface area contributed by atoms with Crippen molar-refractivity contribution in [3.63, 3.8) is 0 Å². The molecule has 7 heteroatoms. The molecule has 0 aliphatic rings. The SMILES string of the molecule is c1ccc(-n2c3ccccc3c3c4ccccc4c(-c4ccc(-c5ccc6c(c5)[nH]c5ccccc56)cc4)cc32)cc1.c1ccc(-n2c3ccccc3c3c4ccccc4c(-c4cccc(-c5ccc6c(c5)[nH]c5ccccc56)c4)cc32)cc1.c1cncc(-n2c3ccccc3c3c4ccccc4c(-c4ccc5c(c4)[nH]c4ccccc45)cc32)c1. The van der Waals surface area contributed by atoms with Gasteiger partial charge in [0.05, 0.1) is 45.0 Å². The third kappa shape index (κ3) is 11.1. The van der Waals surface area contributed by atoms with Crippen LogP contribution >= 0.6 is 0 Å². The van der Waals surface area contributed by atoms with Crippen molar-refractivity contribution in [2.45, 2.75) is 0 Å². The molecule has 0 atom stereocenters. The highest BCUT2D eigenvalue weighted by atomic mass is 15.0. The Morgan fingerprint density at radius 1 is 0.167 bits per heavy atom. The second-order valence-corrected chi connectivity index (χ2v) is 31.5. The molecule has 26 rings (SSSR count). The molecule has 7 heterocycles. The zero-order valence-corrected chi connectivity index (χ0v) is 65.2. The number of rotatable bonds is 8. The Labute approximate surface area is 689 Å². The van der Waals surface area contributed by atoms with E-state index < -0.39 is 0 Å². The Kier molecular flexibility index (Phi) is 15.9. The van der Waals surface area contributed by atoms with Crippen molar-refractivity contribution >= 4 is 163 Å². The van der Waals surface area contributed by atoms with Gasteiger partial charge >= 0.3 is 0 Å². The number of nitrogens with one attached hydrogen (secondary N) is 3. The second-order valence-electron chi connectivity index (χ2n) is 31.5. The Morgan fingerprint density at radius 2 is 0.458 bits per heavy atom. The average Bonchev–Trinajstić information content (AvgIpc) is 1.57. The molecule has 0 bridgehead atoms. The van der Waals surface area contributed by atoms with Gasteiger partial charge in [0.25, 0.3) is 0 Å². The van der Waals surface area contributed by atoms with E-state index in [1.807, 2.05) is 18.5 Å². The first-order valence-electron chi connectivity index (χ1n) is 41.1. The van der Waals surface area contributed by atoms with Crippen LogP contribution < -0.4 is 0 Å². The van der Waals surface area contributed by atoms with E-state index >= 15 is 0 Å². The molecule has 0 spiro atoms. The Morgan fingerprint density at radius 3 is 0.883 bits per heavy atom. The van der Waals surface area contributed by atoms with Crippen LogP contribution in [0.25, 0.3) is 236 Å². The number of hydrogen-bond donors (Lipinski definition) is 3. The van der Waals surface area contributed by atoms with Crippen LogP contribution in [0.3, 0.4) is 0 Å². The molecule has 3 N–H and O–H groups in total. The molecule has 7 aromatic heterocycles. The molecule has 0 unspecified atom stereocenters. The van der Waals surface area contributed by atoms with E-state index in [1.54, 1.807) is 0 Å². The highest BCUT2D eigenvalue weighted by molar-refractivity contribution is 6.28. The minimum atomic E-state index is 1.07. The lowest BCUT2D eigenvalue weighted by Gasteiger charge is -2.13. The number of fused-ring (bicyclic) bond motifs is 24. The van der Waals surface area contributed by atoms with Gasteiger partial charge < -0.3 is 28.7 Å². The van der Waals surface area contributed by atoms with Crippen molar-refractivity contribution in [1.82, 2.24) is 33.6 Å². The van der Waals surface area contributed by atoms with Crippen molar-refractivity contribution in [2.24, 2.45) is 0 Å². The maximum absolute atomic E-state index is 4.43. The summed E-state index contributed by atoms with van der Waals surface area (Å²) in [6.45, 7) is 0. The summed E-state index contributed by atoms with van der Waals surface area (Å²) >= 11 is 0. The molecular formula is C113H73N7. The first kappa shape index (κ1) is 68.3. The van der Waals surface area contributed by atoms with E-state index in [2.05, 4.69) is 440 Å². The van der Waals surface area contributed by atoms with Gasteiger partial charge in [0.1, 0.15) is 0 Å². The lowest BCUT2D eigenvalue weighted by atomic mass is 9.93. The van der Waals surface area contributed by atoms with Gasteiger partial charge in [0, 0.05) is 115 Å². The highest BCUT2D eigenvalue weighted by Gasteiger charge is 2.23. The van der Waals surface area contributed by atoms with E-state index in [-0.39, 0.29) is 0 Å². The van der Waals surface area contributed by atoms with Crippen molar-refractivity contribution in [2.75, 3.05) is 0 Å². The van der Waals surface area contributed by atoms with Crippen molar-refractivity contribution in [1.29, 1.82) is 0 Å². The van der Waals surface area contributed by atoms with Crippen LogP contribution in [0.15, 0.2) is 425 Å². The Bertz CT molecular complexity index is 8590. The molecule has 120 heavy (non-hydrogen) atoms. The van der Waals surface area contributed by atoms with E-state index in [1.165, 1.54) is 225 Å². The normalized spacial score (nSPS) is 11.8. The fourth-order valence-electron chi connectivity index (χ4n) is 19.5. The molecule has 0 saturated carbocycles. The van der Waals surface area contributed by atoms with Crippen LogP contribution in [-0.2, 0) is 0 Å². The zero-order valence-electron chi connectivity index (χ0n) is 65.2. The highest BCUT2D eigenvalue weighted by Crippen LogP contribution is 2.47. The molecular weight excluding hydrogens is 1460 g/mol. The predicted octanol–water partition coefficient (Wildman–Crippen LogP) is 30.4. The molecule has 7 nitrogen and oxygen atoms in total. The fourth-order valence-corrected chi connectivity index (χ4v) is 19.5. The number of pyridine rings is 1. The third-order valence-corrected chi connectivity index (χ3v) is 24.8. The van der Waals surface area contributed by atoms with Crippen LogP contribution in [0, 0.1) is 0 Å². The smallest absolute Gasteiger partial charge is 0.0645 e. The summed E-state index contributed by atoms with van der Waals surface area (Å²) in [7, 11) is 0. The summed E-state index contributed by atoms with van der Waals surface area (Å²) in [6, 6.07) is 149. The molecule has 0 aliphatic carbocycles. The number of nitrogens with zero attached hydrogens (tertiary/aromatic N) is 4. The number of para-hydroxylation sites is 8. The number of H-pyrrole nitrogens is 3. The van der Waals surface area contributed by atoms with Gasteiger partial charge in [-0.15, -0.1) is 0 Å². The molecule has 560 valence electrons. The number of aromatic amines is 3. The van der Waals surface area contributed by atoms with Gasteiger partial charge in [-0.1, -0.05) is 297 Å². The molecule has 19 aromatic carbocycles. The Hall–Kier alpha value is -16.1. The fraction of sp³-hybridized carbons (Fsp3) is 0. The van der Waals surface area contributed by atoms with Crippen molar-refractivity contribution in [3.8, 4) is 72.7 Å². The lowest BCUT2D eigenvalue weighted by Crippen LogP contribution is -1.94. The van der Waals surface area contributed by atoms with Gasteiger partial charge in [-0.05, 0) is 203 Å². The van der Waals surface area contributed by atoms with E-state index in [9.17, 15) is 0 Å². The van der Waals surface area contributed by atoms with Gasteiger partial charge in [-0.2, -0.15) is 0 Å². The zero-order chi connectivity index (χ0) is 78.9. The van der Waals surface area contributed by atoms with Gasteiger partial charge in [-0.25, -0.2) is 0 Å². The minimum absolute atomic E-state index is 1.07. The number of aromatic nitrogens is 7. The summed E-state index contributed by atoms with van der Waals surface area (Å²) in [4.78, 5) is 15.2. The first-order valence-corrected chi connectivity index (χ1v) is 41.1. The maximum Gasteiger partial charge on any atom is 0.0645 e. The monoisotopic (exact) mass is 1530 g/mol. The number of benzene rings is 19. The second kappa shape index (κ2) is 27.8. The van der Waals surface area contributed by atoms with Crippen LogP contribution in [-0.4, -0.2) is 33.6 Å². The topological polar surface area (TPSA) is 75.0 Å². The van der Waals surface area contributed by atoms with E-state index in [0.717, 1.165) is 11.2 Å². The summed E-state index contributed by atoms with van der Waals surface area (Å²) in [5.74, 6) is 0. The third-order valence-electron chi connectivity index (χ3n) is 24.8. The molecule has 0 aliphatic heterocycles. The predicted molar refractivity (Wildman–Crippen MR) is 508 cm³/mol. The van der Waals surface area contributed by atoms with E-state index in [4.69, 9.17) is 0 Å². The summed E-state index contributed by atoms with van der Waals surface area (Å²) in [6.07, 6.45) is 3.77. The number of hydrogen-bond acceptors (Lipinski definition) is 1.